The number of esters is 1. The molecule has 7 rings (SSSR count). The molecular formula is C33H32F3N5O8. The van der Waals surface area contributed by atoms with Gasteiger partial charge in [-0.05, 0) is 55.2 Å². The number of carbonyl (C=O) groups is 5. The zero-order chi connectivity index (χ0) is 34.9. The van der Waals surface area contributed by atoms with E-state index >= 15 is 0 Å². The van der Waals surface area contributed by atoms with Crippen LogP contribution in [0.25, 0.3) is 0 Å². The fraction of sp³-hybridized carbons (Fsp3) is 0.364. The number of fused-ring (bicyclic) bond motifs is 13. The first-order valence-corrected chi connectivity index (χ1v) is 15.6. The minimum Gasteiger partial charge on any atom is -0.418 e. The normalized spacial score (nSPS) is 26.7. The number of benzene rings is 2. The van der Waals surface area contributed by atoms with Crippen LogP contribution in [0.4, 0.5) is 13.2 Å². The number of hydrogen-bond donors (Lipinski definition) is 4. The van der Waals surface area contributed by atoms with E-state index in [2.05, 4.69) is 10.9 Å². The number of Topliss-reactive ketones (excluding diaryl/α,β-unsaturated/α-hetero) is 2. The Morgan fingerprint density at radius 2 is 1.61 bits per heavy atom. The Labute approximate surface area is 277 Å². The molecule has 13 nitrogen and oxygen atoms in total. The van der Waals surface area contributed by atoms with Crippen molar-refractivity contribution in [1.82, 2.24) is 21.6 Å². The number of halogens is 3. The molecule has 2 aromatic rings. The van der Waals surface area contributed by atoms with E-state index < -0.39 is 71.9 Å². The Balaban J connectivity index is 1.35. The van der Waals surface area contributed by atoms with E-state index in [1.54, 1.807) is 12.1 Å². The van der Waals surface area contributed by atoms with E-state index in [1.807, 2.05) is 29.9 Å². The van der Waals surface area contributed by atoms with Gasteiger partial charge in [-0.1, -0.05) is 54.6 Å². The van der Waals surface area contributed by atoms with Crippen molar-refractivity contribution in [1.29, 1.82) is 0 Å². The fourth-order valence-electron chi connectivity index (χ4n) is 6.73. The van der Waals surface area contributed by atoms with Crippen LogP contribution in [-0.2, 0) is 35.2 Å². The van der Waals surface area contributed by atoms with Gasteiger partial charge in [-0.15, -0.1) is 0 Å². The van der Waals surface area contributed by atoms with E-state index in [-0.39, 0.29) is 29.2 Å². The molecule has 0 amide bonds. The first-order chi connectivity index (χ1) is 23.4. The Hall–Kier alpha value is -4.90. The van der Waals surface area contributed by atoms with Crippen LogP contribution in [0, 0.1) is 11.8 Å². The van der Waals surface area contributed by atoms with E-state index in [9.17, 15) is 37.1 Å². The molecule has 16 heteroatoms. The zero-order valence-electron chi connectivity index (χ0n) is 25.8. The first kappa shape index (κ1) is 34.0. The predicted octanol–water partition coefficient (Wildman–Crippen LogP) is 2.61. The summed E-state index contributed by atoms with van der Waals surface area (Å²) in [5, 5.41) is 1.35. The lowest BCUT2D eigenvalue weighted by atomic mass is 9.70. The van der Waals surface area contributed by atoms with Crippen molar-refractivity contribution in [3.05, 3.63) is 94.4 Å². The summed E-state index contributed by atoms with van der Waals surface area (Å²) < 4.78 is 44.9. The number of ketones is 2. The smallest absolute Gasteiger partial charge is 0.418 e. The van der Waals surface area contributed by atoms with Gasteiger partial charge in [0.25, 0.3) is 0 Å². The summed E-state index contributed by atoms with van der Waals surface area (Å²) >= 11 is 0. The molecule has 0 aromatic heterocycles. The summed E-state index contributed by atoms with van der Waals surface area (Å²) in [6.45, 7) is -0.559. The van der Waals surface area contributed by atoms with Gasteiger partial charge in [0.05, 0.1) is 17.5 Å². The largest absolute Gasteiger partial charge is 0.491 e. The van der Waals surface area contributed by atoms with Crippen molar-refractivity contribution in [2.45, 2.75) is 56.3 Å². The van der Waals surface area contributed by atoms with Crippen molar-refractivity contribution in [3.8, 4) is 0 Å². The maximum Gasteiger partial charge on any atom is 0.491 e. The molecule has 0 spiro atoms. The summed E-state index contributed by atoms with van der Waals surface area (Å²) in [5.41, 5.74) is 15.4. The number of nitrogens with zero attached hydrogens (tertiary/aromatic N) is 1. The van der Waals surface area contributed by atoms with Crippen LogP contribution < -0.4 is 22.2 Å². The lowest BCUT2D eigenvalue weighted by Gasteiger charge is -2.41. The highest BCUT2D eigenvalue weighted by atomic mass is 19.4. The summed E-state index contributed by atoms with van der Waals surface area (Å²) in [6.07, 6.45) is -0.673. The lowest BCUT2D eigenvalue weighted by molar-refractivity contribution is -0.199. The number of nitrogens with one attached hydrogen (secondary N) is 3. The monoisotopic (exact) mass is 683 g/mol. The average Bonchev–Trinajstić information content (AvgIpc) is 3.08. The number of hydrazine groups is 2. The van der Waals surface area contributed by atoms with E-state index in [0.29, 0.717) is 25.7 Å². The Morgan fingerprint density at radius 3 is 2.33 bits per heavy atom. The van der Waals surface area contributed by atoms with Crippen LogP contribution in [-0.4, -0.2) is 59.4 Å². The molecule has 3 aliphatic carbocycles. The van der Waals surface area contributed by atoms with Crippen LogP contribution in [0.3, 0.4) is 0 Å². The Bertz CT molecular complexity index is 1740. The second-order valence-corrected chi connectivity index (χ2v) is 12.1. The van der Waals surface area contributed by atoms with Crippen molar-refractivity contribution < 1.29 is 51.6 Å². The molecule has 3 atom stereocenters. The van der Waals surface area contributed by atoms with Gasteiger partial charge in [-0.3, -0.25) is 9.59 Å². The fourth-order valence-corrected chi connectivity index (χ4v) is 6.73. The van der Waals surface area contributed by atoms with Gasteiger partial charge in [-0.25, -0.2) is 19.8 Å². The minimum atomic E-state index is -5.36. The summed E-state index contributed by atoms with van der Waals surface area (Å²) in [5.74, 6) is -8.43. The zero-order valence-corrected chi connectivity index (χ0v) is 25.8. The lowest BCUT2D eigenvalue weighted by Crippen LogP contribution is -2.58. The summed E-state index contributed by atoms with van der Waals surface area (Å²) in [4.78, 5) is 74.1. The predicted molar refractivity (Wildman–Crippen MR) is 162 cm³/mol. The van der Waals surface area contributed by atoms with Crippen LogP contribution in [0.15, 0.2) is 72.1 Å². The number of alkyl halides is 3. The highest BCUT2D eigenvalue weighted by molar-refractivity contribution is 6.17. The summed E-state index contributed by atoms with van der Waals surface area (Å²) in [7, 11) is 0. The van der Waals surface area contributed by atoms with Crippen molar-refractivity contribution in [2.75, 3.05) is 6.54 Å². The van der Waals surface area contributed by atoms with E-state index in [0.717, 1.165) is 17.2 Å². The molecule has 0 saturated heterocycles. The number of allylic oxidation sites excluding steroid dienone is 3. The van der Waals surface area contributed by atoms with Gasteiger partial charge in [0.1, 0.15) is 12.6 Å². The highest BCUT2D eigenvalue weighted by Gasteiger charge is 2.48. The Morgan fingerprint density at radius 1 is 0.939 bits per heavy atom. The Kier molecular flexibility index (Phi) is 9.65. The number of carbonyl (C=O) groups excluding carboxylic acids is 5. The molecule has 49 heavy (non-hydrogen) atoms. The average molecular weight is 684 g/mol. The van der Waals surface area contributed by atoms with Crippen LogP contribution in [0.5, 0.6) is 0 Å². The third-order valence-electron chi connectivity index (χ3n) is 9.10. The van der Waals surface area contributed by atoms with Gasteiger partial charge in [0.2, 0.25) is 0 Å². The molecule has 258 valence electrons. The molecule has 2 heterocycles. The molecule has 5 N–H and O–H groups in total. The van der Waals surface area contributed by atoms with Gasteiger partial charge in [0.15, 0.2) is 17.3 Å². The molecule has 2 aliphatic heterocycles. The van der Waals surface area contributed by atoms with Gasteiger partial charge in [-0.2, -0.15) is 18.3 Å². The van der Waals surface area contributed by atoms with E-state index in [1.165, 1.54) is 23.3 Å². The number of hydrogen-bond acceptors (Lipinski definition) is 13. The third-order valence-corrected chi connectivity index (χ3v) is 9.10. The van der Waals surface area contributed by atoms with Gasteiger partial charge < -0.3 is 25.6 Å². The quantitative estimate of drug-likeness (QED) is 0.348. The topological polar surface area (TPSA) is 178 Å². The van der Waals surface area contributed by atoms with Crippen LogP contribution in [0.2, 0.25) is 0 Å². The molecular weight excluding hydrogens is 651 g/mol. The molecule has 1 fully saturated rings. The number of rotatable bonds is 3. The van der Waals surface area contributed by atoms with E-state index in [4.69, 9.17) is 20.1 Å². The first-order valence-electron chi connectivity index (χ1n) is 15.6. The second kappa shape index (κ2) is 13.9. The molecule has 2 aromatic carbocycles. The third kappa shape index (κ3) is 7.12. The van der Waals surface area contributed by atoms with Crippen molar-refractivity contribution in [3.63, 3.8) is 0 Å². The maximum absolute atomic E-state index is 13.9. The highest BCUT2D eigenvalue weighted by Crippen LogP contribution is 2.41. The van der Waals surface area contributed by atoms with Crippen molar-refractivity contribution in [2.24, 2.45) is 17.6 Å². The van der Waals surface area contributed by atoms with Crippen molar-refractivity contribution >= 4 is 29.5 Å². The second-order valence-electron chi connectivity index (χ2n) is 12.1. The number of nitrogens with two attached hydrogens (primary N) is 1. The van der Waals surface area contributed by atoms with Gasteiger partial charge in [0, 0.05) is 22.8 Å². The standard InChI is InChI=1S/C33H32F3N5O8/c34-33(35,36)32(46)47-25-14-13-23-27(30(44)22-8-4-3-7-21(22)29(23)43)28(25)39-41-19-11-9-17(10-12-19)20-6-2-1-5-18(20)15-24(37)31(45)49-40-48-26(42)16-38-41/h1-8,13-14,17,19,23-24,27,38-40H,9-12,15-16,37H2. The van der Waals surface area contributed by atoms with Gasteiger partial charge >= 0.3 is 24.1 Å². The number of ether oxygens (including phenoxy) is 1. The molecule has 3 unspecified atom stereocenters. The molecule has 0 radical (unpaired) electrons. The minimum absolute atomic E-state index is 0.0621. The summed E-state index contributed by atoms with van der Waals surface area (Å²) in [6, 6.07) is 12.1. The molecule has 5 aliphatic rings. The molecule has 1 saturated carbocycles. The maximum atomic E-state index is 13.9. The van der Waals surface area contributed by atoms with Crippen LogP contribution in [0.1, 0.15) is 63.4 Å². The SMILES string of the molecule is NC1Cc2ccccc2C2CCC(CC2)N(NC2=C(OC(=O)C(F)(F)F)C=CC3C(=O)c4ccccc4C(=O)C23)NCC(=O)ONOC1=O. The van der Waals surface area contributed by atoms with Crippen LogP contribution >= 0.6 is 0 Å². The molecule has 2 bridgehead atoms.